The molecule has 0 aromatic heterocycles. The third-order valence-corrected chi connectivity index (χ3v) is 2.77. The molecular weight excluding hydrogens is 316 g/mol. The summed E-state index contributed by atoms with van der Waals surface area (Å²) in [5.74, 6) is -1.45. The van der Waals surface area contributed by atoms with Gasteiger partial charge in [0.2, 0.25) is 0 Å². The molecule has 1 amide bonds. The van der Waals surface area contributed by atoms with Crippen LogP contribution in [0.5, 0.6) is 0 Å². The van der Waals surface area contributed by atoms with E-state index < -0.39 is 35.0 Å². The third-order valence-electron chi connectivity index (χ3n) is 2.77. The van der Waals surface area contributed by atoms with Crippen LogP contribution in [0.4, 0.5) is 26.3 Å². The normalized spacial score (nSPS) is 13.8. The number of hydrogen-bond donors (Lipinski definition) is 2. The predicted octanol–water partition coefficient (Wildman–Crippen LogP) is 3.08. The Labute approximate surface area is 121 Å². The summed E-state index contributed by atoms with van der Waals surface area (Å²) in [4.78, 5) is 11.7. The van der Waals surface area contributed by atoms with Crippen LogP contribution in [0.1, 0.15) is 28.4 Å². The van der Waals surface area contributed by atoms with E-state index >= 15 is 0 Å². The van der Waals surface area contributed by atoms with E-state index in [4.69, 9.17) is 5.11 Å². The molecule has 0 bridgehead atoms. The van der Waals surface area contributed by atoms with Crippen LogP contribution in [0.15, 0.2) is 18.2 Å². The SMILES string of the molecule is CC(CO)CNC(=O)c1cc(C(F)(F)F)cc(C(F)(F)F)c1. The number of aliphatic hydroxyl groups is 1. The van der Waals surface area contributed by atoms with Crippen molar-refractivity contribution in [2.75, 3.05) is 13.2 Å². The van der Waals surface area contributed by atoms with Gasteiger partial charge in [0.15, 0.2) is 0 Å². The quantitative estimate of drug-likeness (QED) is 0.834. The fourth-order valence-electron chi connectivity index (χ4n) is 1.52. The highest BCUT2D eigenvalue weighted by Crippen LogP contribution is 2.36. The zero-order valence-corrected chi connectivity index (χ0v) is 11.3. The van der Waals surface area contributed by atoms with E-state index in [1.165, 1.54) is 0 Å². The first-order chi connectivity index (χ1) is 9.95. The van der Waals surface area contributed by atoms with Crippen molar-refractivity contribution >= 4 is 5.91 Å². The molecular formula is C13H13F6NO2. The van der Waals surface area contributed by atoms with Crippen LogP contribution in [-0.2, 0) is 12.4 Å². The van der Waals surface area contributed by atoms with Gasteiger partial charge >= 0.3 is 12.4 Å². The molecule has 1 aromatic rings. The van der Waals surface area contributed by atoms with Crippen LogP contribution in [0.2, 0.25) is 0 Å². The first kappa shape index (κ1) is 18.3. The fourth-order valence-corrected chi connectivity index (χ4v) is 1.52. The zero-order chi connectivity index (χ0) is 17.1. The number of rotatable bonds is 4. The van der Waals surface area contributed by atoms with Crippen molar-refractivity contribution in [3.05, 3.63) is 34.9 Å². The minimum atomic E-state index is -5.01. The summed E-state index contributed by atoms with van der Waals surface area (Å²) in [5.41, 5.74) is -3.85. The molecule has 0 fully saturated rings. The summed E-state index contributed by atoms with van der Waals surface area (Å²) >= 11 is 0. The van der Waals surface area contributed by atoms with Crippen molar-refractivity contribution in [1.29, 1.82) is 0 Å². The Bertz CT molecular complexity index is 506. The topological polar surface area (TPSA) is 49.3 Å². The fraction of sp³-hybridized carbons (Fsp3) is 0.462. The second-order valence-corrected chi connectivity index (χ2v) is 4.79. The van der Waals surface area contributed by atoms with Gasteiger partial charge in [-0.1, -0.05) is 6.92 Å². The van der Waals surface area contributed by atoms with Crippen molar-refractivity contribution in [2.45, 2.75) is 19.3 Å². The van der Waals surface area contributed by atoms with Crippen LogP contribution < -0.4 is 5.32 Å². The van der Waals surface area contributed by atoms with E-state index in [9.17, 15) is 31.1 Å². The summed E-state index contributed by atoms with van der Waals surface area (Å²) in [5, 5.41) is 10.9. The molecule has 0 spiro atoms. The molecule has 0 saturated carbocycles. The minimum Gasteiger partial charge on any atom is -0.396 e. The standard InChI is InChI=1S/C13H13F6NO2/c1-7(6-21)5-20-11(22)8-2-9(12(14,15)16)4-10(3-8)13(17,18)19/h2-4,7,21H,5-6H2,1H3,(H,20,22). The molecule has 9 heteroatoms. The average molecular weight is 329 g/mol. The molecule has 0 heterocycles. The van der Waals surface area contributed by atoms with Gasteiger partial charge in [-0.2, -0.15) is 26.3 Å². The van der Waals surface area contributed by atoms with Crippen molar-refractivity contribution in [3.8, 4) is 0 Å². The predicted molar refractivity (Wildman–Crippen MR) is 65.0 cm³/mol. The maximum Gasteiger partial charge on any atom is 0.416 e. The molecule has 0 aliphatic rings. The van der Waals surface area contributed by atoms with Gasteiger partial charge in [-0.05, 0) is 24.1 Å². The van der Waals surface area contributed by atoms with Crippen LogP contribution in [0.3, 0.4) is 0 Å². The maximum absolute atomic E-state index is 12.6. The molecule has 1 aromatic carbocycles. The summed E-state index contributed by atoms with van der Waals surface area (Å²) in [6.07, 6.45) is -10.0. The number of amides is 1. The zero-order valence-electron chi connectivity index (χ0n) is 11.3. The summed E-state index contributed by atoms with van der Waals surface area (Å²) < 4.78 is 75.8. The molecule has 124 valence electrons. The van der Waals surface area contributed by atoms with E-state index in [-0.39, 0.29) is 25.1 Å². The van der Waals surface area contributed by atoms with Gasteiger partial charge in [-0.15, -0.1) is 0 Å². The molecule has 3 nitrogen and oxygen atoms in total. The summed E-state index contributed by atoms with van der Waals surface area (Å²) in [7, 11) is 0. The van der Waals surface area contributed by atoms with E-state index in [0.717, 1.165) is 0 Å². The first-order valence-corrected chi connectivity index (χ1v) is 6.13. The number of carbonyl (C=O) groups excluding carboxylic acids is 1. The Hall–Kier alpha value is -1.77. The van der Waals surface area contributed by atoms with Gasteiger partial charge in [0.1, 0.15) is 0 Å². The maximum atomic E-state index is 12.6. The highest BCUT2D eigenvalue weighted by Gasteiger charge is 2.37. The molecule has 0 aliphatic heterocycles. The van der Waals surface area contributed by atoms with Gasteiger partial charge in [-0.3, -0.25) is 4.79 Å². The van der Waals surface area contributed by atoms with Crippen LogP contribution in [0.25, 0.3) is 0 Å². The molecule has 1 rings (SSSR count). The van der Waals surface area contributed by atoms with Gasteiger partial charge in [-0.25, -0.2) is 0 Å². The molecule has 22 heavy (non-hydrogen) atoms. The molecule has 0 radical (unpaired) electrons. The Morgan fingerprint density at radius 2 is 1.55 bits per heavy atom. The lowest BCUT2D eigenvalue weighted by Crippen LogP contribution is -2.30. The minimum absolute atomic E-state index is 0.0485. The van der Waals surface area contributed by atoms with Gasteiger partial charge in [0, 0.05) is 18.7 Å². The number of alkyl halides is 6. The van der Waals surface area contributed by atoms with E-state index in [1.54, 1.807) is 6.92 Å². The largest absolute Gasteiger partial charge is 0.416 e. The summed E-state index contributed by atoms with van der Waals surface area (Å²) in [6, 6.07) is 0.662. The smallest absolute Gasteiger partial charge is 0.396 e. The van der Waals surface area contributed by atoms with Crippen LogP contribution >= 0.6 is 0 Å². The monoisotopic (exact) mass is 329 g/mol. The second-order valence-electron chi connectivity index (χ2n) is 4.79. The number of halogens is 6. The lowest BCUT2D eigenvalue weighted by molar-refractivity contribution is -0.143. The van der Waals surface area contributed by atoms with E-state index in [2.05, 4.69) is 5.32 Å². The number of carbonyl (C=O) groups is 1. The highest BCUT2D eigenvalue weighted by atomic mass is 19.4. The van der Waals surface area contributed by atoms with Crippen molar-refractivity contribution in [2.24, 2.45) is 5.92 Å². The van der Waals surface area contributed by atoms with Gasteiger partial charge in [0.05, 0.1) is 11.1 Å². The molecule has 2 N–H and O–H groups in total. The molecule has 1 atom stereocenters. The number of benzene rings is 1. The number of hydrogen-bond acceptors (Lipinski definition) is 2. The van der Waals surface area contributed by atoms with Crippen LogP contribution in [-0.4, -0.2) is 24.2 Å². The third kappa shape index (κ3) is 4.90. The highest BCUT2D eigenvalue weighted by molar-refractivity contribution is 5.94. The first-order valence-electron chi connectivity index (χ1n) is 6.13. The van der Waals surface area contributed by atoms with Crippen molar-refractivity contribution in [3.63, 3.8) is 0 Å². The molecule has 0 saturated heterocycles. The Morgan fingerprint density at radius 3 is 1.91 bits per heavy atom. The van der Waals surface area contributed by atoms with Crippen LogP contribution in [0, 0.1) is 5.92 Å². The van der Waals surface area contributed by atoms with Crippen molar-refractivity contribution in [1.82, 2.24) is 5.32 Å². The molecule has 0 aliphatic carbocycles. The van der Waals surface area contributed by atoms with Crippen molar-refractivity contribution < 1.29 is 36.2 Å². The lowest BCUT2D eigenvalue weighted by atomic mass is 10.0. The number of nitrogens with one attached hydrogen (secondary N) is 1. The van der Waals surface area contributed by atoms with Gasteiger partial charge < -0.3 is 10.4 Å². The van der Waals surface area contributed by atoms with E-state index in [0.29, 0.717) is 12.1 Å². The Kier molecular flexibility index (Phi) is 5.44. The Morgan fingerprint density at radius 1 is 1.09 bits per heavy atom. The number of aliphatic hydroxyl groups excluding tert-OH is 1. The lowest BCUT2D eigenvalue weighted by Gasteiger charge is -2.15. The second kappa shape index (κ2) is 6.55. The Balaban J connectivity index is 3.16. The van der Waals surface area contributed by atoms with Gasteiger partial charge in [0.25, 0.3) is 5.91 Å². The average Bonchev–Trinajstić information content (AvgIpc) is 2.41. The van der Waals surface area contributed by atoms with E-state index in [1.807, 2.05) is 0 Å². The summed E-state index contributed by atoms with van der Waals surface area (Å²) in [6.45, 7) is 1.19. The molecule has 1 unspecified atom stereocenters.